The molecular formula is C16H24N2O3S. The average Bonchev–Trinajstić information content (AvgIpc) is 2.55. The predicted molar refractivity (Wildman–Crippen MR) is 88.4 cm³/mol. The van der Waals surface area contributed by atoms with Crippen LogP contribution in [0.1, 0.15) is 18.0 Å². The fourth-order valence-corrected chi connectivity index (χ4v) is 3.58. The standard InChI is InChI=1S/C16H24N2O3S/c1-20-10-8-18(9-11-21-2)16(19)17-14-7-12-22-15-6-4-3-5-13(14)15/h3-6,14H,7-12H2,1-2H3,(H,17,19)/t14-/m1/s1. The lowest BCUT2D eigenvalue weighted by atomic mass is 10.0. The van der Waals surface area contributed by atoms with Gasteiger partial charge in [0, 0.05) is 38.0 Å². The van der Waals surface area contributed by atoms with Crippen molar-refractivity contribution in [3.05, 3.63) is 29.8 Å². The van der Waals surface area contributed by atoms with Gasteiger partial charge in [0.25, 0.3) is 0 Å². The smallest absolute Gasteiger partial charge is 0.318 e. The minimum absolute atomic E-state index is 0.0548. The van der Waals surface area contributed by atoms with Crippen LogP contribution in [0.3, 0.4) is 0 Å². The SMILES string of the molecule is COCCN(CCOC)C(=O)N[C@@H]1CCSc2ccccc21. The van der Waals surface area contributed by atoms with Crippen LogP contribution in [0.5, 0.6) is 0 Å². The third-order valence-electron chi connectivity index (χ3n) is 3.67. The maximum Gasteiger partial charge on any atom is 0.318 e. The number of fused-ring (bicyclic) bond motifs is 1. The number of urea groups is 1. The lowest BCUT2D eigenvalue weighted by Crippen LogP contribution is -2.45. The minimum atomic E-state index is -0.0548. The van der Waals surface area contributed by atoms with Crippen LogP contribution in [0.15, 0.2) is 29.2 Å². The topological polar surface area (TPSA) is 50.8 Å². The number of nitrogens with one attached hydrogen (secondary N) is 1. The maximum absolute atomic E-state index is 12.5. The van der Waals surface area contributed by atoms with Crippen molar-refractivity contribution in [3.8, 4) is 0 Å². The summed E-state index contributed by atoms with van der Waals surface area (Å²) in [6.07, 6.45) is 0.954. The van der Waals surface area contributed by atoms with Gasteiger partial charge in [-0.2, -0.15) is 0 Å². The summed E-state index contributed by atoms with van der Waals surface area (Å²) in [6.45, 7) is 2.17. The molecule has 1 aromatic carbocycles. The zero-order valence-corrected chi connectivity index (χ0v) is 14.0. The monoisotopic (exact) mass is 324 g/mol. The number of carbonyl (C=O) groups is 1. The molecule has 0 saturated carbocycles. The van der Waals surface area contributed by atoms with E-state index in [0.717, 1.165) is 12.2 Å². The number of ether oxygens (including phenoxy) is 2. The molecular weight excluding hydrogens is 300 g/mol. The second kappa shape index (κ2) is 9.02. The van der Waals surface area contributed by atoms with Gasteiger partial charge in [0.2, 0.25) is 0 Å². The Hall–Kier alpha value is -1.24. The van der Waals surface area contributed by atoms with E-state index in [0.29, 0.717) is 26.3 Å². The van der Waals surface area contributed by atoms with Gasteiger partial charge in [-0.1, -0.05) is 18.2 Å². The molecule has 1 N–H and O–H groups in total. The Morgan fingerprint density at radius 1 is 1.27 bits per heavy atom. The van der Waals surface area contributed by atoms with Crippen LogP contribution in [0.2, 0.25) is 0 Å². The van der Waals surface area contributed by atoms with E-state index in [1.165, 1.54) is 10.5 Å². The molecule has 0 saturated heterocycles. The average molecular weight is 324 g/mol. The number of amides is 2. The molecule has 1 aliphatic rings. The Morgan fingerprint density at radius 2 is 1.95 bits per heavy atom. The molecule has 1 aromatic rings. The zero-order chi connectivity index (χ0) is 15.8. The van der Waals surface area contributed by atoms with Gasteiger partial charge in [-0.3, -0.25) is 0 Å². The molecule has 0 unspecified atom stereocenters. The maximum atomic E-state index is 12.5. The number of thioether (sulfide) groups is 1. The van der Waals surface area contributed by atoms with E-state index in [1.807, 2.05) is 23.9 Å². The summed E-state index contributed by atoms with van der Waals surface area (Å²) in [7, 11) is 3.28. The highest BCUT2D eigenvalue weighted by molar-refractivity contribution is 7.99. The molecule has 1 aliphatic heterocycles. The highest BCUT2D eigenvalue weighted by Gasteiger charge is 2.24. The second-order valence-electron chi connectivity index (χ2n) is 5.15. The van der Waals surface area contributed by atoms with Gasteiger partial charge < -0.3 is 19.7 Å². The molecule has 0 bridgehead atoms. The van der Waals surface area contributed by atoms with Crippen LogP contribution in [0.25, 0.3) is 0 Å². The number of benzene rings is 1. The third-order valence-corrected chi connectivity index (χ3v) is 4.80. The Bertz CT molecular complexity index is 476. The Kier molecular flexibility index (Phi) is 7.02. The van der Waals surface area contributed by atoms with E-state index in [9.17, 15) is 4.79 Å². The Morgan fingerprint density at radius 3 is 2.64 bits per heavy atom. The summed E-state index contributed by atoms with van der Waals surface area (Å²) < 4.78 is 10.2. The van der Waals surface area contributed by atoms with Crippen LogP contribution in [0, 0.1) is 0 Å². The summed E-state index contributed by atoms with van der Waals surface area (Å²) in [5.74, 6) is 1.03. The van der Waals surface area contributed by atoms with E-state index >= 15 is 0 Å². The summed E-state index contributed by atoms with van der Waals surface area (Å²) in [5, 5.41) is 3.16. The first-order valence-electron chi connectivity index (χ1n) is 7.51. The number of carbonyl (C=O) groups excluding carboxylic acids is 1. The van der Waals surface area contributed by atoms with Crippen LogP contribution in [-0.2, 0) is 9.47 Å². The van der Waals surface area contributed by atoms with Crippen molar-refractivity contribution in [2.45, 2.75) is 17.4 Å². The lowest BCUT2D eigenvalue weighted by molar-refractivity contribution is 0.121. The van der Waals surface area contributed by atoms with Crippen molar-refractivity contribution < 1.29 is 14.3 Å². The highest BCUT2D eigenvalue weighted by Crippen LogP contribution is 2.35. The van der Waals surface area contributed by atoms with Gasteiger partial charge in [0.15, 0.2) is 0 Å². The first-order chi connectivity index (χ1) is 10.8. The molecule has 1 heterocycles. The van der Waals surface area contributed by atoms with E-state index in [4.69, 9.17) is 9.47 Å². The first-order valence-corrected chi connectivity index (χ1v) is 8.50. The van der Waals surface area contributed by atoms with Crippen molar-refractivity contribution in [2.75, 3.05) is 46.3 Å². The summed E-state index contributed by atoms with van der Waals surface area (Å²) >= 11 is 1.85. The van der Waals surface area contributed by atoms with Crippen LogP contribution in [0.4, 0.5) is 4.79 Å². The van der Waals surface area contributed by atoms with Gasteiger partial charge in [-0.05, 0) is 18.1 Å². The van der Waals surface area contributed by atoms with E-state index in [2.05, 4.69) is 17.4 Å². The molecule has 22 heavy (non-hydrogen) atoms. The number of hydrogen-bond acceptors (Lipinski definition) is 4. The quantitative estimate of drug-likeness (QED) is 0.837. The van der Waals surface area contributed by atoms with Gasteiger partial charge in [0.1, 0.15) is 0 Å². The number of methoxy groups -OCH3 is 2. The molecule has 0 fully saturated rings. The normalized spacial score (nSPS) is 16.9. The first kappa shape index (κ1) is 17.1. The van der Waals surface area contributed by atoms with Crippen molar-refractivity contribution in [2.24, 2.45) is 0 Å². The van der Waals surface area contributed by atoms with Gasteiger partial charge in [0.05, 0.1) is 19.3 Å². The predicted octanol–water partition coefficient (Wildman–Crippen LogP) is 2.53. The van der Waals surface area contributed by atoms with Crippen molar-refractivity contribution in [3.63, 3.8) is 0 Å². The van der Waals surface area contributed by atoms with E-state index in [-0.39, 0.29) is 12.1 Å². The van der Waals surface area contributed by atoms with Gasteiger partial charge in [-0.15, -0.1) is 11.8 Å². The Balaban J connectivity index is 2.00. The molecule has 0 aliphatic carbocycles. The molecule has 2 amide bonds. The molecule has 5 nitrogen and oxygen atoms in total. The minimum Gasteiger partial charge on any atom is -0.383 e. The third kappa shape index (κ3) is 4.63. The fourth-order valence-electron chi connectivity index (χ4n) is 2.45. The Labute approximate surface area is 136 Å². The number of hydrogen-bond donors (Lipinski definition) is 1. The molecule has 2 rings (SSSR count). The number of nitrogens with zero attached hydrogens (tertiary/aromatic N) is 1. The van der Waals surface area contributed by atoms with Gasteiger partial charge >= 0.3 is 6.03 Å². The van der Waals surface area contributed by atoms with E-state index < -0.39 is 0 Å². The lowest BCUT2D eigenvalue weighted by Gasteiger charge is -2.29. The molecule has 1 atom stereocenters. The summed E-state index contributed by atoms with van der Waals surface area (Å²) in [4.78, 5) is 15.5. The van der Waals surface area contributed by atoms with Crippen LogP contribution < -0.4 is 5.32 Å². The fraction of sp³-hybridized carbons (Fsp3) is 0.562. The number of rotatable bonds is 7. The van der Waals surface area contributed by atoms with E-state index in [1.54, 1.807) is 19.1 Å². The summed E-state index contributed by atoms with van der Waals surface area (Å²) in [5.41, 5.74) is 1.21. The molecule has 6 heteroatoms. The summed E-state index contributed by atoms with van der Waals surface area (Å²) in [6, 6.07) is 8.31. The second-order valence-corrected chi connectivity index (χ2v) is 6.29. The molecule has 0 aromatic heterocycles. The zero-order valence-electron chi connectivity index (χ0n) is 13.2. The van der Waals surface area contributed by atoms with Gasteiger partial charge in [-0.25, -0.2) is 4.79 Å². The largest absolute Gasteiger partial charge is 0.383 e. The van der Waals surface area contributed by atoms with Crippen molar-refractivity contribution in [1.29, 1.82) is 0 Å². The molecule has 0 radical (unpaired) electrons. The van der Waals surface area contributed by atoms with Crippen LogP contribution >= 0.6 is 11.8 Å². The highest BCUT2D eigenvalue weighted by atomic mass is 32.2. The van der Waals surface area contributed by atoms with Crippen molar-refractivity contribution in [1.82, 2.24) is 10.2 Å². The van der Waals surface area contributed by atoms with Crippen molar-refractivity contribution >= 4 is 17.8 Å². The molecule has 122 valence electrons. The van der Waals surface area contributed by atoms with Crippen LogP contribution in [-0.4, -0.2) is 57.2 Å². The molecule has 0 spiro atoms.